The predicted molar refractivity (Wildman–Crippen MR) is 103 cm³/mol. The SMILES string of the molecule is C[Si](C)(c1sc(Br)c2c1OCCO2)c1sc(Br)c2c1OCCO2. The maximum atomic E-state index is 5.95. The summed E-state index contributed by atoms with van der Waals surface area (Å²) in [5.41, 5.74) is 0. The van der Waals surface area contributed by atoms with Gasteiger partial charge in [-0.3, -0.25) is 0 Å². The molecule has 0 amide bonds. The molecule has 0 atom stereocenters. The van der Waals surface area contributed by atoms with E-state index in [2.05, 4.69) is 45.0 Å². The van der Waals surface area contributed by atoms with E-state index in [1.54, 1.807) is 22.7 Å². The van der Waals surface area contributed by atoms with Crippen LogP contribution in [0.1, 0.15) is 0 Å². The molecular weight excluding hydrogens is 484 g/mol. The molecule has 0 saturated carbocycles. The lowest BCUT2D eigenvalue weighted by atomic mass is 10.5. The largest absolute Gasteiger partial charge is 0.485 e. The van der Waals surface area contributed by atoms with Gasteiger partial charge in [0.15, 0.2) is 23.0 Å². The molecule has 4 heterocycles. The topological polar surface area (TPSA) is 36.9 Å². The van der Waals surface area contributed by atoms with Gasteiger partial charge >= 0.3 is 0 Å². The van der Waals surface area contributed by atoms with Crippen molar-refractivity contribution in [2.45, 2.75) is 13.1 Å². The van der Waals surface area contributed by atoms with Crippen molar-refractivity contribution in [2.75, 3.05) is 26.4 Å². The Morgan fingerprint density at radius 1 is 0.696 bits per heavy atom. The van der Waals surface area contributed by atoms with Crippen molar-refractivity contribution >= 4 is 71.6 Å². The first-order chi connectivity index (χ1) is 11.0. The molecule has 4 nitrogen and oxygen atoms in total. The van der Waals surface area contributed by atoms with Gasteiger partial charge in [-0.15, -0.1) is 22.7 Å². The Balaban J connectivity index is 1.86. The van der Waals surface area contributed by atoms with E-state index in [9.17, 15) is 0 Å². The van der Waals surface area contributed by atoms with Gasteiger partial charge in [-0.1, -0.05) is 13.1 Å². The highest BCUT2D eigenvalue weighted by molar-refractivity contribution is 9.11. The third kappa shape index (κ3) is 2.55. The molecule has 9 heteroatoms. The summed E-state index contributed by atoms with van der Waals surface area (Å²) in [4.78, 5) is 0. The number of fused-ring (bicyclic) bond motifs is 2. The van der Waals surface area contributed by atoms with Crippen LogP contribution in [0.3, 0.4) is 0 Å². The minimum absolute atomic E-state index is 0.597. The van der Waals surface area contributed by atoms with E-state index in [1.807, 2.05) is 0 Å². The molecule has 0 radical (unpaired) electrons. The maximum Gasteiger partial charge on any atom is 0.186 e. The molecule has 0 aromatic carbocycles. The van der Waals surface area contributed by atoms with Crippen LogP contribution in [0.2, 0.25) is 13.1 Å². The molecule has 2 aliphatic heterocycles. The molecule has 0 fully saturated rings. The lowest BCUT2D eigenvalue weighted by molar-refractivity contribution is 0.173. The molecule has 2 aromatic rings. The molecule has 2 aliphatic rings. The Bertz CT molecular complexity index is 709. The number of hydrogen-bond acceptors (Lipinski definition) is 6. The van der Waals surface area contributed by atoms with Crippen molar-refractivity contribution in [1.82, 2.24) is 0 Å². The third-order valence-corrected chi connectivity index (χ3v) is 13.5. The molecule has 2 aromatic heterocycles. The van der Waals surface area contributed by atoms with Gasteiger partial charge in [0, 0.05) is 9.00 Å². The summed E-state index contributed by atoms with van der Waals surface area (Å²) >= 11 is 10.7. The van der Waals surface area contributed by atoms with Crippen LogP contribution in [-0.4, -0.2) is 34.5 Å². The Morgan fingerprint density at radius 2 is 1.04 bits per heavy atom. The molecule has 0 spiro atoms. The van der Waals surface area contributed by atoms with Gasteiger partial charge in [0.1, 0.15) is 42.1 Å². The Kier molecular flexibility index (Phi) is 4.20. The fraction of sp³-hybridized carbons (Fsp3) is 0.429. The van der Waals surface area contributed by atoms with Crippen LogP contribution in [0.4, 0.5) is 0 Å². The van der Waals surface area contributed by atoms with E-state index in [4.69, 9.17) is 18.9 Å². The summed E-state index contributed by atoms with van der Waals surface area (Å²) in [5.74, 6) is 3.50. The summed E-state index contributed by atoms with van der Waals surface area (Å²) in [5, 5.41) is 0. The second-order valence-corrected chi connectivity index (χ2v) is 15.4. The van der Waals surface area contributed by atoms with Crippen LogP contribution in [0.5, 0.6) is 23.0 Å². The summed E-state index contributed by atoms with van der Waals surface area (Å²) in [6, 6.07) is 0. The van der Waals surface area contributed by atoms with E-state index in [1.165, 1.54) is 9.00 Å². The molecule has 124 valence electrons. The maximum absolute atomic E-state index is 5.95. The van der Waals surface area contributed by atoms with Gasteiger partial charge in [0.05, 0.1) is 0 Å². The number of hydrogen-bond donors (Lipinski definition) is 0. The average molecular weight is 498 g/mol. The van der Waals surface area contributed by atoms with Crippen molar-refractivity contribution in [3.8, 4) is 23.0 Å². The van der Waals surface area contributed by atoms with Crippen LogP contribution in [0.15, 0.2) is 7.57 Å². The van der Waals surface area contributed by atoms with E-state index in [-0.39, 0.29) is 0 Å². The van der Waals surface area contributed by atoms with Gasteiger partial charge in [-0.2, -0.15) is 0 Å². The van der Waals surface area contributed by atoms with Crippen LogP contribution in [0, 0.1) is 0 Å². The second-order valence-electron chi connectivity index (χ2n) is 5.75. The van der Waals surface area contributed by atoms with Crippen molar-refractivity contribution in [1.29, 1.82) is 0 Å². The number of rotatable bonds is 2. The minimum atomic E-state index is -2.01. The Morgan fingerprint density at radius 3 is 1.43 bits per heavy atom. The summed E-state index contributed by atoms with van der Waals surface area (Å²) in [6.45, 7) is 7.03. The molecular formula is C14H14Br2O4S2Si. The number of thiophene rings is 2. The normalized spacial score (nSPS) is 16.5. The zero-order valence-electron chi connectivity index (χ0n) is 12.5. The fourth-order valence-corrected chi connectivity index (χ4v) is 11.7. The van der Waals surface area contributed by atoms with Gasteiger partial charge < -0.3 is 18.9 Å². The number of ether oxygens (including phenoxy) is 4. The smallest absolute Gasteiger partial charge is 0.186 e. The van der Waals surface area contributed by atoms with Gasteiger partial charge in [0.2, 0.25) is 0 Å². The van der Waals surface area contributed by atoms with Crippen molar-refractivity contribution < 1.29 is 18.9 Å². The van der Waals surface area contributed by atoms with E-state index >= 15 is 0 Å². The van der Waals surface area contributed by atoms with Crippen molar-refractivity contribution in [3.05, 3.63) is 7.57 Å². The molecule has 0 bridgehead atoms. The number of halogens is 2. The molecule has 0 saturated heterocycles. The predicted octanol–water partition coefficient (Wildman–Crippen LogP) is 3.70. The molecule has 23 heavy (non-hydrogen) atoms. The van der Waals surface area contributed by atoms with Crippen LogP contribution in [-0.2, 0) is 0 Å². The monoisotopic (exact) mass is 496 g/mol. The Labute approximate surface area is 160 Å². The quantitative estimate of drug-likeness (QED) is 0.593. The average Bonchev–Trinajstić information content (AvgIpc) is 3.08. The molecule has 4 rings (SSSR count). The third-order valence-electron chi connectivity index (χ3n) is 3.85. The summed E-state index contributed by atoms with van der Waals surface area (Å²) < 4.78 is 28.0. The fourth-order valence-electron chi connectivity index (χ4n) is 2.76. The first-order valence-corrected chi connectivity index (χ1v) is 13.4. The van der Waals surface area contributed by atoms with Gasteiger partial charge in [-0.05, 0) is 31.9 Å². The van der Waals surface area contributed by atoms with Crippen molar-refractivity contribution in [3.63, 3.8) is 0 Å². The zero-order chi connectivity index (χ0) is 16.2. The highest BCUT2D eigenvalue weighted by Gasteiger charge is 2.41. The molecule has 0 aliphatic carbocycles. The highest BCUT2D eigenvalue weighted by atomic mass is 79.9. The van der Waals surface area contributed by atoms with Crippen LogP contribution >= 0.6 is 54.5 Å². The lowest BCUT2D eigenvalue weighted by Gasteiger charge is -2.25. The zero-order valence-corrected chi connectivity index (χ0v) is 18.3. The lowest BCUT2D eigenvalue weighted by Crippen LogP contribution is -2.51. The van der Waals surface area contributed by atoms with Gasteiger partial charge in [-0.25, -0.2) is 0 Å². The van der Waals surface area contributed by atoms with Crippen LogP contribution < -0.4 is 27.9 Å². The van der Waals surface area contributed by atoms with E-state index < -0.39 is 8.07 Å². The second kappa shape index (κ2) is 5.94. The van der Waals surface area contributed by atoms with E-state index in [0.717, 1.165) is 30.6 Å². The molecule has 0 N–H and O–H groups in total. The minimum Gasteiger partial charge on any atom is -0.485 e. The summed E-state index contributed by atoms with van der Waals surface area (Å²) in [7, 11) is -2.01. The molecule has 0 unspecified atom stereocenters. The van der Waals surface area contributed by atoms with Gasteiger partial charge in [0.25, 0.3) is 0 Å². The first-order valence-electron chi connectivity index (χ1n) is 7.17. The highest BCUT2D eigenvalue weighted by Crippen LogP contribution is 2.46. The van der Waals surface area contributed by atoms with E-state index in [0.29, 0.717) is 26.4 Å². The first kappa shape index (κ1) is 16.3. The Hall–Kier alpha value is -0.223. The standard InChI is InChI=1S/C14H14Br2O4S2Si/c1-23(2,13-9-7(11(15)21-13)17-3-5-19-9)14-10-8(12(16)22-14)18-4-6-20-10/h3-6H2,1-2H3. The summed E-state index contributed by atoms with van der Waals surface area (Å²) in [6.07, 6.45) is 0. The van der Waals surface area contributed by atoms with Crippen molar-refractivity contribution in [2.24, 2.45) is 0 Å². The van der Waals surface area contributed by atoms with Crippen LogP contribution in [0.25, 0.3) is 0 Å².